The van der Waals surface area contributed by atoms with Gasteiger partial charge in [0.1, 0.15) is 17.4 Å². The first-order chi connectivity index (χ1) is 29.6. The summed E-state index contributed by atoms with van der Waals surface area (Å²) in [6, 6.07) is 6.58. The maximum absolute atomic E-state index is 14.3. The van der Waals surface area contributed by atoms with E-state index in [-0.39, 0.29) is 41.7 Å². The van der Waals surface area contributed by atoms with E-state index in [2.05, 4.69) is 52.7 Å². The van der Waals surface area contributed by atoms with Gasteiger partial charge in [-0.1, -0.05) is 17.9 Å². The van der Waals surface area contributed by atoms with Crippen molar-refractivity contribution < 1.29 is 23.2 Å². The van der Waals surface area contributed by atoms with E-state index < -0.39 is 30.0 Å². The lowest BCUT2D eigenvalue weighted by atomic mass is 9.85. The SMILES string of the molecule is Cn1c(=O)n(C2CCC(=O)NC2=O)c2cccc(C#CCN3CCN(CC4CCC(n5cc(NC(=O)c6cnn7ccc(N8CCNCC8)nc67)c(C(F)F)n5)CC4)CC3)c21. The first-order valence-corrected chi connectivity index (χ1v) is 21.1. The van der Waals surface area contributed by atoms with E-state index in [9.17, 15) is 28.0 Å². The highest BCUT2D eigenvalue weighted by atomic mass is 19.3. The number of nitrogens with one attached hydrogen (secondary N) is 3. The molecule has 3 amide bonds. The zero-order valence-corrected chi connectivity index (χ0v) is 34.0. The van der Waals surface area contributed by atoms with Crippen molar-refractivity contribution in [2.45, 2.75) is 57.0 Å². The van der Waals surface area contributed by atoms with Gasteiger partial charge in [0, 0.05) is 84.8 Å². The zero-order chi connectivity index (χ0) is 42.2. The van der Waals surface area contributed by atoms with Gasteiger partial charge < -0.3 is 20.4 Å². The van der Waals surface area contributed by atoms with E-state index in [0.29, 0.717) is 34.7 Å². The van der Waals surface area contributed by atoms with Crippen LogP contribution in [0.4, 0.5) is 20.3 Å². The van der Waals surface area contributed by atoms with Crippen molar-refractivity contribution in [3.8, 4) is 11.8 Å². The second-order valence-corrected chi connectivity index (χ2v) is 16.4. The number of rotatable bonds is 9. The van der Waals surface area contributed by atoms with Gasteiger partial charge >= 0.3 is 5.69 Å². The average Bonchev–Trinajstić information content (AvgIpc) is 3.96. The number of alkyl halides is 2. The molecule has 0 spiro atoms. The molecule has 0 radical (unpaired) electrons. The second-order valence-electron chi connectivity index (χ2n) is 16.4. The Morgan fingerprint density at radius 3 is 2.51 bits per heavy atom. The predicted molar refractivity (Wildman–Crippen MR) is 223 cm³/mol. The first-order valence-electron chi connectivity index (χ1n) is 21.1. The third-order valence-corrected chi connectivity index (χ3v) is 12.6. The van der Waals surface area contributed by atoms with E-state index in [0.717, 1.165) is 90.4 Å². The van der Waals surface area contributed by atoms with Crippen LogP contribution in [-0.2, 0) is 16.6 Å². The number of para-hydroxylation sites is 1. The van der Waals surface area contributed by atoms with E-state index in [4.69, 9.17) is 4.98 Å². The fourth-order valence-corrected chi connectivity index (χ4v) is 9.23. The molecule has 4 aromatic heterocycles. The largest absolute Gasteiger partial charge is 0.354 e. The van der Waals surface area contributed by atoms with Gasteiger partial charge in [0.05, 0.1) is 41.1 Å². The fraction of sp³-hybridized carbons (Fsp3) is 0.500. The highest BCUT2D eigenvalue weighted by Gasteiger charge is 2.32. The Morgan fingerprint density at radius 2 is 1.75 bits per heavy atom. The number of nitrogens with zero attached hydrogens (tertiary/aromatic N) is 10. The van der Waals surface area contributed by atoms with Gasteiger partial charge in [-0.2, -0.15) is 10.2 Å². The minimum Gasteiger partial charge on any atom is -0.354 e. The predicted octanol–water partition coefficient (Wildman–Crippen LogP) is 2.56. The standard InChI is InChI=1S/C42H49F2N13O4/c1-51-37-28(4-2-6-32(37)57(42(51)61)33-11-12-35(58)49-41(33)60)5-3-16-52-20-22-53(23-21-52)25-27-7-9-29(10-8-27)56-26-31(36(50-56)38(43)44)47-40(59)30-24-46-55-17-13-34(48-39(30)55)54-18-14-45-15-19-54/h2,4,6,13,17,24,26-27,29,33,38,45H,7-12,14-16,18-23,25H2,1H3,(H,47,59)(H,49,58,60). The highest BCUT2D eigenvalue weighted by Crippen LogP contribution is 2.35. The number of aromatic nitrogens is 7. The third-order valence-electron chi connectivity index (χ3n) is 12.6. The number of halogens is 2. The molecule has 1 saturated carbocycles. The third kappa shape index (κ3) is 8.27. The molecule has 3 aliphatic heterocycles. The minimum atomic E-state index is -2.86. The van der Waals surface area contributed by atoms with Crippen molar-refractivity contribution in [2.75, 3.05) is 75.7 Å². The summed E-state index contributed by atoms with van der Waals surface area (Å²) in [5, 5.41) is 16.9. The molecule has 1 atom stereocenters. The van der Waals surface area contributed by atoms with Gasteiger partial charge in [-0.3, -0.25) is 38.4 Å². The lowest BCUT2D eigenvalue weighted by Crippen LogP contribution is -2.48. The van der Waals surface area contributed by atoms with E-state index in [1.165, 1.54) is 26.0 Å². The smallest absolute Gasteiger partial charge is 0.329 e. The summed E-state index contributed by atoms with van der Waals surface area (Å²) in [6.07, 6.45) is 5.80. The van der Waals surface area contributed by atoms with Crippen molar-refractivity contribution in [2.24, 2.45) is 13.0 Å². The Balaban J connectivity index is 0.768. The minimum absolute atomic E-state index is 0.00571. The van der Waals surface area contributed by atoms with Crippen LogP contribution in [0.1, 0.15) is 78.6 Å². The van der Waals surface area contributed by atoms with Crippen LogP contribution in [0, 0.1) is 17.8 Å². The Kier molecular flexibility index (Phi) is 11.4. The number of imide groups is 1. The number of hydrogen-bond acceptors (Lipinski definition) is 11. The number of imidazole rings is 1. The van der Waals surface area contributed by atoms with E-state index in [1.807, 2.05) is 24.3 Å². The zero-order valence-electron chi connectivity index (χ0n) is 34.0. The number of amides is 3. The lowest BCUT2D eigenvalue weighted by Gasteiger charge is -2.37. The van der Waals surface area contributed by atoms with Crippen LogP contribution >= 0.6 is 0 Å². The molecule has 5 aromatic rings. The molecule has 4 aliphatic rings. The molecule has 4 fully saturated rings. The molecule has 3 saturated heterocycles. The molecule has 19 heteroatoms. The quantitative estimate of drug-likeness (QED) is 0.147. The summed E-state index contributed by atoms with van der Waals surface area (Å²) < 4.78 is 34.6. The van der Waals surface area contributed by atoms with Gasteiger partial charge in [-0.25, -0.2) is 23.1 Å². The Hall–Kier alpha value is -5.97. The molecule has 17 nitrogen and oxygen atoms in total. The normalized spacial score (nSPS) is 21.8. The van der Waals surface area contributed by atoms with Crippen LogP contribution in [0.15, 0.2) is 47.7 Å². The summed E-state index contributed by atoms with van der Waals surface area (Å²) in [4.78, 5) is 62.7. The number of fused-ring (bicyclic) bond motifs is 2. The maximum Gasteiger partial charge on any atom is 0.329 e. The van der Waals surface area contributed by atoms with Crippen molar-refractivity contribution in [1.82, 2.24) is 53.9 Å². The van der Waals surface area contributed by atoms with Crippen molar-refractivity contribution >= 4 is 45.9 Å². The number of benzene rings is 1. The summed E-state index contributed by atoms with van der Waals surface area (Å²) in [6.45, 7) is 8.37. The lowest BCUT2D eigenvalue weighted by molar-refractivity contribution is -0.135. The summed E-state index contributed by atoms with van der Waals surface area (Å²) >= 11 is 0. The topological polar surface area (TPSA) is 172 Å². The highest BCUT2D eigenvalue weighted by molar-refractivity contribution is 6.08. The molecule has 9 rings (SSSR count). The summed E-state index contributed by atoms with van der Waals surface area (Å²) in [5.74, 6) is 6.42. The average molecular weight is 838 g/mol. The number of carbonyl (C=O) groups excluding carboxylic acids is 3. The van der Waals surface area contributed by atoms with Crippen molar-refractivity contribution in [1.29, 1.82) is 0 Å². The molecule has 1 aliphatic carbocycles. The molecular weight excluding hydrogens is 789 g/mol. The summed E-state index contributed by atoms with van der Waals surface area (Å²) in [7, 11) is 1.68. The molecule has 0 bridgehead atoms. The van der Waals surface area contributed by atoms with Gasteiger partial charge in [0.25, 0.3) is 12.3 Å². The van der Waals surface area contributed by atoms with Crippen LogP contribution in [0.25, 0.3) is 16.7 Å². The molecular formula is C42H49F2N13O4. The molecule has 7 heterocycles. The maximum atomic E-state index is 14.3. The Labute approximate surface area is 350 Å². The molecule has 3 N–H and O–H groups in total. The molecule has 1 aromatic carbocycles. The van der Waals surface area contributed by atoms with Crippen LogP contribution in [-0.4, -0.2) is 126 Å². The van der Waals surface area contributed by atoms with E-state index >= 15 is 0 Å². The van der Waals surface area contributed by atoms with Crippen LogP contribution < -0.4 is 26.5 Å². The molecule has 1 unspecified atom stereocenters. The van der Waals surface area contributed by atoms with Gasteiger partial charge in [-0.05, 0) is 56.2 Å². The summed E-state index contributed by atoms with van der Waals surface area (Å²) in [5.41, 5.74) is 1.77. The van der Waals surface area contributed by atoms with Crippen LogP contribution in [0.5, 0.6) is 0 Å². The Morgan fingerprint density at radius 1 is 0.984 bits per heavy atom. The second kappa shape index (κ2) is 17.2. The molecule has 61 heavy (non-hydrogen) atoms. The number of anilines is 2. The number of carbonyl (C=O) groups is 3. The Bertz CT molecular complexity index is 2580. The fourth-order valence-electron chi connectivity index (χ4n) is 9.23. The van der Waals surface area contributed by atoms with Crippen LogP contribution in [0.2, 0.25) is 0 Å². The van der Waals surface area contributed by atoms with E-state index in [1.54, 1.807) is 17.9 Å². The van der Waals surface area contributed by atoms with Gasteiger partial charge in [0.2, 0.25) is 11.8 Å². The monoisotopic (exact) mass is 837 g/mol. The number of piperidine rings is 1. The van der Waals surface area contributed by atoms with Crippen LogP contribution in [0.3, 0.4) is 0 Å². The van der Waals surface area contributed by atoms with Crippen molar-refractivity contribution in [3.63, 3.8) is 0 Å². The number of piperazine rings is 2. The number of aryl methyl sites for hydroxylation is 1. The first kappa shape index (κ1) is 40.4. The number of hydrogen-bond donors (Lipinski definition) is 3. The van der Waals surface area contributed by atoms with Crippen molar-refractivity contribution in [3.05, 3.63) is 70.2 Å². The van der Waals surface area contributed by atoms with Gasteiger partial charge in [0.15, 0.2) is 11.3 Å². The van der Waals surface area contributed by atoms with Gasteiger partial charge in [-0.15, -0.1) is 0 Å². The molecule has 320 valence electrons.